The third-order valence-corrected chi connectivity index (χ3v) is 9.65. The zero-order chi connectivity index (χ0) is 28.3. The van der Waals surface area contributed by atoms with Crippen molar-refractivity contribution < 1.29 is 4.42 Å². The largest absolute Gasteiger partial charge is 0.456 e. The Balaban J connectivity index is 1.30. The minimum Gasteiger partial charge on any atom is -0.456 e. The fraction of sp³-hybridized carbons (Fsp3) is 0. The molecule has 0 saturated carbocycles. The van der Waals surface area contributed by atoms with Gasteiger partial charge in [0.25, 0.3) is 0 Å². The van der Waals surface area contributed by atoms with Gasteiger partial charge in [-0.3, -0.25) is 0 Å². The SMILES string of the molecule is c1ccc(-c2cc3oc4cc(N(c5ccccc5)c5cccc6c5sc5ccccc56)ccc4c3c3ccccc23)cc1. The van der Waals surface area contributed by atoms with Crippen molar-refractivity contribution in [2.75, 3.05) is 4.90 Å². The molecule has 0 spiro atoms. The van der Waals surface area contributed by atoms with Gasteiger partial charge >= 0.3 is 0 Å². The van der Waals surface area contributed by atoms with E-state index in [0.29, 0.717) is 0 Å². The van der Waals surface area contributed by atoms with Gasteiger partial charge in [0.15, 0.2) is 0 Å². The van der Waals surface area contributed by atoms with Crippen LogP contribution in [0.2, 0.25) is 0 Å². The zero-order valence-electron chi connectivity index (χ0n) is 23.2. The lowest BCUT2D eigenvalue weighted by molar-refractivity contribution is 0.669. The summed E-state index contributed by atoms with van der Waals surface area (Å²) in [5.41, 5.74) is 7.50. The second kappa shape index (κ2) is 9.59. The molecule has 0 fully saturated rings. The third kappa shape index (κ3) is 3.79. The second-order valence-corrected chi connectivity index (χ2v) is 12.0. The normalized spacial score (nSPS) is 11.7. The first-order valence-electron chi connectivity index (χ1n) is 14.5. The summed E-state index contributed by atoms with van der Waals surface area (Å²) in [6.45, 7) is 0. The highest BCUT2D eigenvalue weighted by atomic mass is 32.1. The van der Waals surface area contributed by atoms with Crippen molar-refractivity contribution in [3.63, 3.8) is 0 Å². The third-order valence-electron chi connectivity index (χ3n) is 8.44. The molecule has 0 N–H and O–H groups in total. The molecule has 9 aromatic rings. The molecule has 202 valence electrons. The van der Waals surface area contributed by atoms with E-state index in [9.17, 15) is 0 Å². The van der Waals surface area contributed by atoms with Crippen molar-refractivity contribution in [1.82, 2.24) is 0 Å². The van der Waals surface area contributed by atoms with E-state index in [4.69, 9.17) is 4.42 Å². The van der Waals surface area contributed by atoms with Crippen LogP contribution in [0.3, 0.4) is 0 Å². The number of benzene rings is 7. The maximum atomic E-state index is 6.70. The van der Waals surface area contributed by atoms with Crippen LogP contribution in [-0.4, -0.2) is 0 Å². The molecule has 0 aliphatic heterocycles. The second-order valence-electron chi connectivity index (χ2n) is 10.9. The highest BCUT2D eigenvalue weighted by Gasteiger charge is 2.20. The molecule has 0 amide bonds. The summed E-state index contributed by atoms with van der Waals surface area (Å²) in [7, 11) is 0. The van der Waals surface area contributed by atoms with E-state index in [0.717, 1.165) is 39.0 Å². The van der Waals surface area contributed by atoms with E-state index in [2.05, 4.69) is 157 Å². The summed E-state index contributed by atoms with van der Waals surface area (Å²) in [4.78, 5) is 2.36. The smallest absolute Gasteiger partial charge is 0.137 e. The Labute approximate surface area is 252 Å². The molecule has 3 heteroatoms. The van der Waals surface area contributed by atoms with Gasteiger partial charge in [0.1, 0.15) is 11.2 Å². The van der Waals surface area contributed by atoms with Gasteiger partial charge in [0.05, 0.1) is 10.4 Å². The van der Waals surface area contributed by atoms with Gasteiger partial charge in [0.2, 0.25) is 0 Å². The van der Waals surface area contributed by atoms with E-state index < -0.39 is 0 Å². The van der Waals surface area contributed by atoms with Crippen LogP contribution >= 0.6 is 11.3 Å². The molecule has 0 aliphatic rings. The standard InChI is InChI=1S/C40H25NOS/c1-3-12-26(13-4-1)34-25-37-39(31-18-8-7-16-29(31)34)33-23-22-28(24-36(33)42-37)41(27-14-5-2-6-15-27)35-20-11-19-32-30-17-9-10-21-38(30)43-40(32)35/h1-25H. The lowest BCUT2D eigenvalue weighted by Crippen LogP contribution is -2.09. The first-order valence-corrected chi connectivity index (χ1v) is 15.3. The Morgan fingerprint density at radius 2 is 1.16 bits per heavy atom. The molecule has 2 heterocycles. The van der Waals surface area contributed by atoms with Crippen molar-refractivity contribution in [1.29, 1.82) is 0 Å². The van der Waals surface area contributed by atoms with Crippen LogP contribution in [0.5, 0.6) is 0 Å². The van der Waals surface area contributed by atoms with Crippen LogP contribution in [0, 0.1) is 0 Å². The highest BCUT2D eigenvalue weighted by molar-refractivity contribution is 7.26. The van der Waals surface area contributed by atoms with Gasteiger partial charge in [-0.15, -0.1) is 11.3 Å². The summed E-state index contributed by atoms with van der Waals surface area (Å²) in [6, 6.07) is 54.0. The molecule has 0 atom stereocenters. The number of hydrogen-bond acceptors (Lipinski definition) is 3. The first-order chi connectivity index (χ1) is 21.3. The molecule has 2 aromatic heterocycles. The minimum absolute atomic E-state index is 0.882. The maximum Gasteiger partial charge on any atom is 0.137 e. The van der Waals surface area contributed by atoms with E-state index in [1.165, 1.54) is 42.1 Å². The van der Waals surface area contributed by atoms with Crippen LogP contribution in [-0.2, 0) is 0 Å². The molecule has 2 nitrogen and oxygen atoms in total. The number of para-hydroxylation sites is 1. The molecule has 9 rings (SSSR count). The van der Waals surface area contributed by atoms with Gasteiger partial charge in [0, 0.05) is 43.7 Å². The number of hydrogen-bond donors (Lipinski definition) is 0. The van der Waals surface area contributed by atoms with Crippen molar-refractivity contribution in [3.05, 3.63) is 152 Å². The first kappa shape index (κ1) is 24.2. The van der Waals surface area contributed by atoms with Crippen LogP contribution in [0.15, 0.2) is 156 Å². The molecular weight excluding hydrogens is 543 g/mol. The van der Waals surface area contributed by atoms with E-state index in [1.807, 2.05) is 11.3 Å². The Kier molecular flexibility index (Phi) is 5.40. The average Bonchev–Trinajstić information content (AvgIpc) is 3.64. The number of rotatable bonds is 4. The molecule has 0 unspecified atom stereocenters. The summed E-state index contributed by atoms with van der Waals surface area (Å²) in [5.74, 6) is 0. The van der Waals surface area contributed by atoms with Gasteiger partial charge < -0.3 is 9.32 Å². The van der Waals surface area contributed by atoms with Crippen LogP contribution in [0.1, 0.15) is 0 Å². The molecule has 0 radical (unpaired) electrons. The lowest BCUT2D eigenvalue weighted by Gasteiger charge is -2.26. The van der Waals surface area contributed by atoms with Gasteiger partial charge in [-0.25, -0.2) is 0 Å². The van der Waals surface area contributed by atoms with Crippen LogP contribution in [0.25, 0.3) is 64.0 Å². The van der Waals surface area contributed by atoms with Crippen LogP contribution < -0.4 is 4.90 Å². The number of thiophene rings is 1. The average molecular weight is 568 g/mol. The summed E-state index contributed by atoms with van der Waals surface area (Å²) >= 11 is 1.85. The minimum atomic E-state index is 0.882. The Bertz CT molecular complexity index is 2460. The molecular formula is C40H25NOS. The Morgan fingerprint density at radius 1 is 0.465 bits per heavy atom. The predicted molar refractivity (Wildman–Crippen MR) is 184 cm³/mol. The van der Waals surface area contributed by atoms with Gasteiger partial charge in [-0.05, 0) is 64.4 Å². The zero-order valence-corrected chi connectivity index (χ0v) is 24.0. The van der Waals surface area contributed by atoms with E-state index in [-0.39, 0.29) is 0 Å². The number of nitrogens with zero attached hydrogens (tertiary/aromatic N) is 1. The van der Waals surface area contributed by atoms with E-state index >= 15 is 0 Å². The van der Waals surface area contributed by atoms with Crippen molar-refractivity contribution in [2.45, 2.75) is 0 Å². The lowest BCUT2D eigenvalue weighted by atomic mass is 9.95. The van der Waals surface area contributed by atoms with Gasteiger partial charge in [-0.1, -0.05) is 103 Å². The fourth-order valence-electron chi connectivity index (χ4n) is 6.54. The predicted octanol–water partition coefficient (Wildman–Crippen LogP) is 12.2. The van der Waals surface area contributed by atoms with Crippen molar-refractivity contribution in [2.24, 2.45) is 0 Å². The summed E-state index contributed by atoms with van der Waals surface area (Å²) in [5, 5.41) is 7.31. The van der Waals surface area contributed by atoms with Crippen molar-refractivity contribution >= 4 is 81.3 Å². The number of anilines is 3. The van der Waals surface area contributed by atoms with Gasteiger partial charge in [-0.2, -0.15) is 0 Å². The highest BCUT2D eigenvalue weighted by Crippen LogP contribution is 2.46. The molecule has 43 heavy (non-hydrogen) atoms. The molecule has 0 bridgehead atoms. The fourth-order valence-corrected chi connectivity index (χ4v) is 7.74. The van der Waals surface area contributed by atoms with E-state index in [1.54, 1.807) is 0 Å². The van der Waals surface area contributed by atoms with Crippen molar-refractivity contribution in [3.8, 4) is 11.1 Å². The quantitative estimate of drug-likeness (QED) is 0.210. The summed E-state index contributed by atoms with van der Waals surface area (Å²) in [6.07, 6.45) is 0. The summed E-state index contributed by atoms with van der Waals surface area (Å²) < 4.78 is 9.27. The monoisotopic (exact) mass is 567 g/mol. The van der Waals surface area contributed by atoms with Crippen LogP contribution in [0.4, 0.5) is 17.1 Å². The molecule has 0 aliphatic carbocycles. The topological polar surface area (TPSA) is 16.4 Å². The molecule has 0 saturated heterocycles. The Hall–Kier alpha value is -5.38. The molecule has 7 aromatic carbocycles. The number of fused-ring (bicyclic) bond motifs is 8. The Morgan fingerprint density at radius 3 is 2.00 bits per heavy atom. The maximum absolute atomic E-state index is 6.70. The number of furan rings is 1.